The van der Waals surface area contributed by atoms with E-state index < -0.39 is 10.0 Å². The van der Waals surface area contributed by atoms with E-state index in [1.54, 1.807) is 24.3 Å². The molecule has 0 radical (unpaired) electrons. The number of hydrogen-bond donors (Lipinski definition) is 2. The van der Waals surface area contributed by atoms with Crippen molar-refractivity contribution in [1.29, 1.82) is 0 Å². The zero-order valence-electron chi connectivity index (χ0n) is 9.41. The molecule has 1 fully saturated rings. The van der Waals surface area contributed by atoms with Crippen LogP contribution in [0.25, 0.3) is 0 Å². The lowest BCUT2D eigenvalue weighted by molar-refractivity contribution is 0.117. The molecule has 0 unspecified atom stereocenters. The number of nitrogens with two attached hydrogens (primary N) is 1. The van der Waals surface area contributed by atoms with E-state index in [2.05, 4.69) is 0 Å². The minimum absolute atomic E-state index is 0.00850. The van der Waals surface area contributed by atoms with E-state index in [1.807, 2.05) is 0 Å². The molecule has 1 aromatic carbocycles. The highest BCUT2D eigenvalue weighted by atomic mass is 32.2. The van der Waals surface area contributed by atoms with Crippen LogP contribution in [0.4, 0.5) is 5.69 Å². The molecule has 1 heterocycles. The molecule has 0 saturated carbocycles. The highest BCUT2D eigenvalue weighted by Gasteiger charge is 2.34. The Labute approximate surface area is 101 Å². The van der Waals surface area contributed by atoms with Crippen molar-refractivity contribution < 1.29 is 13.5 Å². The molecule has 6 heteroatoms. The van der Waals surface area contributed by atoms with E-state index in [4.69, 9.17) is 10.8 Å². The first-order valence-corrected chi connectivity index (χ1v) is 7.05. The Morgan fingerprint density at radius 2 is 1.88 bits per heavy atom. The Morgan fingerprint density at radius 1 is 1.29 bits per heavy atom. The summed E-state index contributed by atoms with van der Waals surface area (Å²) >= 11 is 0. The zero-order chi connectivity index (χ0) is 12.5. The van der Waals surface area contributed by atoms with Crippen LogP contribution >= 0.6 is 0 Å². The fourth-order valence-electron chi connectivity index (χ4n) is 1.78. The first-order valence-electron chi connectivity index (χ1n) is 5.44. The highest BCUT2D eigenvalue weighted by Crippen LogP contribution is 2.22. The summed E-state index contributed by atoms with van der Waals surface area (Å²) in [4.78, 5) is 0. The molecule has 5 nitrogen and oxygen atoms in total. The van der Waals surface area contributed by atoms with Gasteiger partial charge in [-0.05, 0) is 17.7 Å². The van der Waals surface area contributed by atoms with Gasteiger partial charge in [0.1, 0.15) is 0 Å². The lowest BCUT2D eigenvalue weighted by atomic mass is 10.1. The number of hydrogen-bond acceptors (Lipinski definition) is 4. The molecule has 0 aromatic heterocycles. The Balaban J connectivity index is 2.01. The molecule has 0 amide bonds. The van der Waals surface area contributed by atoms with Gasteiger partial charge < -0.3 is 10.8 Å². The lowest BCUT2D eigenvalue weighted by Gasteiger charge is -2.36. The number of nitrogen functional groups attached to an aromatic ring is 1. The van der Waals surface area contributed by atoms with Crippen LogP contribution in [0.1, 0.15) is 5.56 Å². The number of anilines is 1. The van der Waals surface area contributed by atoms with Gasteiger partial charge in [-0.1, -0.05) is 12.1 Å². The number of benzene rings is 1. The molecule has 0 aliphatic carbocycles. The molecule has 1 aromatic rings. The first kappa shape index (κ1) is 12.3. The van der Waals surface area contributed by atoms with E-state index in [-0.39, 0.29) is 18.3 Å². The van der Waals surface area contributed by atoms with Crippen LogP contribution < -0.4 is 5.73 Å². The standard InChI is InChI=1S/C11H16N2O3S/c12-11-3-1-9(2-4-11)8-17(15,16)13-5-10(6-13)7-14/h1-4,10,14H,5-8,12H2. The molecule has 94 valence electrons. The van der Waals surface area contributed by atoms with E-state index in [0.29, 0.717) is 18.8 Å². The summed E-state index contributed by atoms with van der Waals surface area (Å²) in [5.41, 5.74) is 6.89. The summed E-state index contributed by atoms with van der Waals surface area (Å²) in [5, 5.41) is 8.85. The maximum absolute atomic E-state index is 11.9. The third kappa shape index (κ3) is 2.77. The van der Waals surface area contributed by atoms with Crippen molar-refractivity contribution in [3.63, 3.8) is 0 Å². The second kappa shape index (κ2) is 4.64. The quantitative estimate of drug-likeness (QED) is 0.744. The summed E-state index contributed by atoms with van der Waals surface area (Å²) in [6, 6.07) is 6.82. The topological polar surface area (TPSA) is 83.6 Å². The average Bonchev–Trinajstić information content (AvgIpc) is 2.19. The monoisotopic (exact) mass is 256 g/mol. The Morgan fingerprint density at radius 3 is 2.41 bits per heavy atom. The average molecular weight is 256 g/mol. The number of nitrogens with zero attached hydrogens (tertiary/aromatic N) is 1. The molecule has 1 saturated heterocycles. The van der Waals surface area contributed by atoms with E-state index >= 15 is 0 Å². The molecular formula is C11H16N2O3S. The molecule has 1 aliphatic rings. The second-order valence-corrected chi connectivity index (χ2v) is 6.33. The minimum Gasteiger partial charge on any atom is -0.399 e. The van der Waals surface area contributed by atoms with Gasteiger partial charge in [-0.15, -0.1) is 0 Å². The molecule has 0 atom stereocenters. The van der Waals surface area contributed by atoms with Crippen LogP contribution in [0.15, 0.2) is 24.3 Å². The lowest BCUT2D eigenvalue weighted by Crippen LogP contribution is -2.51. The molecular weight excluding hydrogens is 240 g/mol. The number of aliphatic hydroxyl groups excluding tert-OH is 1. The predicted octanol–water partition coefficient (Wildman–Crippen LogP) is 0.0227. The van der Waals surface area contributed by atoms with Crippen molar-refractivity contribution in [3.8, 4) is 0 Å². The normalized spacial score (nSPS) is 17.9. The van der Waals surface area contributed by atoms with Gasteiger partial charge in [0.2, 0.25) is 10.0 Å². The van der Waals surface area contributed by atoms with E-state index in [9.17, 15) is 8.42 Å². The van der Waals surface area contributed by atoms with Crippen LogP contribution in [0.2, 0.25) is 0 Å². The second-order valence-electron chi connectivity index (χ2n) is 4.36. The van der Waals surface area contributed by atoms with Crippen LogP contribution in [0.3, 0.4) is 0 Å². The van der Waals surface area contributed by atoms with Crippen molar-refractivity contribution in [2.75, 3.05) is 25.4 Å². The molecule has 1 aliphatic heterocycles. The first-order chi connectivity index (χ1) is 8.01. The van der Waals surface area contributed by atoms with Crippen molar-refractivity contribution in [2.24, 2.45) is 5.92 Å². The summed E-state index contributed by atoms with van der Waals surface area (Å²) in [7, 11) is -3.25. The molecule has 3 N–H and O–H groups in total. The van der Waals surface area contributed by atoms with Crippen LogP contribution in [0.5, 0.6) is 0 Å². The van der Waals surface area contributed by atoms with Crippen molar-refractivity contribution in [3.05, 3.63) is 29.8 Å². The van der Waals surface area contributed by atoms with Gasteiger partial charge in [0.15, 0.2) is 0 Å². The van der Waals surface area contributed by atoms with Gasteiger partial charge in [0.05, 0.1) is 5.75 Å². The fourth-order valence-corrected chi connectivity index (χ4v) is 3.45. The smallest absolute Gasteiger partial charge is 0.218 e. The summed E-state index contributed by atoms with van der Waals surface area (Å²) in [6.45, 7) is 0.898. The molecule has 2 rings (SSSR count). The van der Waals surface area contributed by atoms with Crippen molar-refractivity contribution >= 4 is 15.7 Å². The Hall–Kier alpha value is -1.11. The van der Waals surface area contributed by atoms with Gasteiger partial charge in [0.25, 0.3) is 0 Å². The summed E-state index contributed by atoms with van der Waals surface area (Å²) in [5.74, 6) is 0.0852. The van der Waals surface area contributed by atoms with Gasteiger partial charge >= 0.3 is 0 Å². The van der Waals surface area contributed by atoms with Gasteiger partial charge in [-0.2, -0.15) is 0 Å². The van der Waals surface area contributed by atoms with Crippen LogP contribution in [0, 0.1) is 5.92 Å². The summed E-state index contributed by atoms with van der Waals surface area (Å²) < 4.78 is 25.3. The fraction of sp³-hybridized carbons (Fsp3) is 0.455. The number of aliphatic hydroxyl groups is 1. The third-order valence-electron chi connectivity index (χ3n) is 2.90. The Kier molecular flexibility index (Phi) is 3.37. The number of rotatable bonds is 4. The van der Waals surface area contributed by atoms with Crippen LogP contribution in [-0.2, 0) is 15.8 Å². The van der Waals surface area contributed by atoms with Gasteiger partial charge in [-0.25, -0.2) is 12.7 Å². The molecule has 0 spiro atoms. The minimum atomic E-state index is -3.25. The Bertz CT molecular complexity index is 478. The van der Waals surface area contributed by atoms with E-state index in [1.165, 1.54) is 4.31 Å². The molecule has 0 bridgehead atoms. The largest absolute Gasteiger partial charge is 0.399 e. The van der Waals surface area contributed by atoms with Gasteiger partial charge in [0, 0.05) is 31.3 Å². The van der Waals surface area contributed by atoms with Crippen molar-refractivity contribution in [2.45, 2.75) is 5.75 Å². The zero-order valence-corrected chi connectivity index (χ0v) is 10.2. The third-order valence-corrected chi connectivity index (χ3v) is 4.69. The summed E-state index contributed by atoms with van der Waals surface area (Å²) in [6.07, 6.45) is 0. The maximum Gasteiger partial charge on any atom is 0.218 e. The SMILES string of the molecule is Nc1ccc(CS(=O)(=O)N2CC(CO)C2)cc1. The van der Waals surface area contributed by atoms with Crippen LogP contribution in [-0.4, -0.2) is 37.5 Å². The van der Waals surface area contributed by atoms with Crippen molar-refractivity contribution in [1.82, 2.24) is 4.31 Å². The number of sulfonamides is 1. The van der Waals surface area contributed by atoms with Gasteiger partial charge in [-0.3, -0.25) is 0 Å². The van der Waals surface area contributed by atoms with E-state index in [0.717, 1.165) is 5.56 Å². The predicted molar refractivity (Wildman–Crippen MR) is 65.6 cm³/mol. The maximum atomic E-state index is 11.9. The highest BCUT2D eigenvalue weighted by molar-refractivity contribution is 7.88. The molecule has 17 heavy (non-hydrogen) atoms.